The van der Waals surface area contributed by atoms with E-state index in [0.29, 0.717) is 30.3 Å². The van der Waals surface area contributed by atoms with Gasteiger partial charge in [0, 0.05) is 13.2 Å². The van der Waals surface area contributed by atoms with Crippen LogP contribution in [0.4, 0.5) is 5.69 Å². The number of piperazine rings is 1. The van der Waals surface area contributed by atoms with E-state index in [1.54, 1.807) is 12.1 Å². The summed E-state index contributed by atoms with van der Waals surface area (Å²) in [6, 6.07) is 7.24. The standard InChI is InChI=1S/C19H27ClN4O3/c20-16-5-1-2-6-17(16)22-19(26)14-24-9-7-23(8-10-24)13-18(25)21-12-15-4-3-11-27-15/h1-2,5-6,15H,3-4,7-14H2,(H,21,25)(H,22,26)/p+2/t15-/m0/s1. The van der Waals surface area contributed by atoms with Crippen LogP contribution in [-0.4, -0.2) is 70.3 Å². The Morgan fingerprint density at radius 2 is 1.74 bits per heavy atom. The van der Waals surface area contributed by atoms with Crippen LogP contribution in [0.1, 0.15) is 12.8 Å². The van der Waals surface area contributed by atoms with Crippen LogP contribution in [0.2, 0.25) is 5.02 Å². The van der Waals surface area contributed by atoms with E-state index in [1.807, 2.05) is 12.1 Å². The van der Waals surface area contributed by atoms with E-state index >= 15 is 0 Å². The second kappa shape index (κ2) is 10.0. The smallest absolute Gasteiger partial charge is 0.279 e. The fourth-order valence-corrected chi connectivity index (χ4v) is 3.80. The van der Waals surface area contributed by atoms with E-state index in [9.17, 15) is 9.59 Å². The van der Waals surface area contributed by atoms with E-state index in [2.05, 4.69) is 10.6 Å². The summed E-state index contributed by atoms with van der Waals surface area (Å²) >= 11 is 6.08. The van der Waals surface area contributed by atoms with Gasteiger partial charge in [-0.25, -0.2) is 0 Å². The fourth-order valence-electron chi connectivity index (χ4n) is 3.62. The fraction of sp³-hybridized carbons (Fsp3) is 0.579. The Bertz CT molecular complexity index is 644. The van der Waals surface area contributed by atoms with Crippen molar-refractivity contribution >= 4 is 29.1 Å². The molecular weight excluding hydrogens is 368 g/mol. The Labute approximate surface area is 165 Å². The first kappa shape index (κ1) is 20.1. The zero-order chi connectivity index (χ0) is 19.1. The Morgan fingerprint density at radius 1 is 1.07 bits per heavy atom. The van der Waals surface area contributed by atoms with Crippen LogP contribution in [0, 0.1) is 0 Å². The van der Waals surface area contributed by atoms with Crippen LogP contribution in [0.3, 0.4) is 0 Å². The number of halogens is 1. The van der Waals surface area contributed by atoms with Crippen molar-refractivity contribution in [2.45, 2.75) is 18.9 Å². The number of anilines is 1. The van der Waals surface area contributed by atoms with E-state index in [0.717, 1.165) is 45.6 Å². The van der Waals surface area contributed by atoms with Crippen LogP contribution in [-0.2, 0) is 14.3 Å². The van der Waals surface area contributed by atoms with Crippen LogP contribution in [0.25, 0.3) is 0 Å². The molecule has 2 aliphatic heterocycles. The zero-order valence-electron chi connectivity index (χ0n) is 15.6. The molecule has 2 saturated heterocycles. The molecule has 2 aliphatic rings. The number of benzene rings is 1. The van der Waals surface area contributed by atoms with E-state index in [-0.39, 0.29) is 17.9 Å². The molecule has 8 heteroatoms. The molecule has 0 aliphatic carbocycles. The third-order valence-electron chi connectivity index (χ3n) is 5.18. The predicted molar refractivity (Wildman–Crippen MR) is 103 cm³/mol. The summed E-state index contributed by atoms with van der Waals surface area (Å²) in [6.07, 6.45) is 2.30. The molecule has 3 rings (SSSR count). The predicted octanol–water partition coefficient (Wildman–Crippen LogP) is -1.64. The van der Waals surface area contributed by atoms with Crippen molar-refractivity contribution in [1.82, 2.24) is 5.32 Å². The number of carbonyl (C=O) groups is 2. The number of nitrogens with one attached hydrogen (secondary N) is 4. The van der Waals surface area contributed by atoms with E-state index in [1.165, 1.54) is 9.80 Å². The molecule has 0 spiro atoms. The zero-order valence-corrected chi connectivity index (χ0v) is 16.3. The van der Waals surface area contributed by atoms with Gasteiger partial charge in [-0.05, 0) is 25.0 Å². The molecule has 0 saturated carbocycles. The second-order valence-electron chi connectivity index (χ2n) is 7.32. The molecule has 148 valence electrons. The summed E-state index contributed by atoms with van der Waals surface area (Å²) in [4.78, 5) is 26.8. The molecular formula is C19H29ClN4O3+2. The summed E-state index contributed by atoms with van der Waals surface area (Å²) < 4.78 is 5.52. The van der Waals surface area contributed by atoms with Gasteiger partial charge in [0.25, 0.3) is 11.8 Å². The third kappa shape index (κ3) is 6.46. The van der Waals surface area contributed by atoms with Gasteiger partial charge in [0.15, 0.2) is 13.1 Å². The van der Waals surface area contributed by atoms with Gasteiger partial charge in [-0.15, -0.1) is 0 Å². The summed E-state index contributed by atoms with van der Waals surface area (Å²) in [7, 11) is 0. The summed E-state index contributed by atoms with van der Waals surface area (Å²) in [5.41, 5.74) is 0.649. The average molecular weight is 397 g/mol. The van der Waals surface area contributed by atoms with Gasteiger partial charge in [-0.2, -0.15) is 0 Å². The van der Waals surface area contributed by atoms with Crippen LogP contribution in [0.15, 0.2) is 24.3 Å². The van der Waals surface area contributed by atoms with E-state index in [4.69, 9.17) is 16.3 Å². The highest BCUT2D eigenvalue weighted by molar-refractivity contribution is 6.33. The maximum Gasteiger partial charge on any atom is 0.279 e. The Morgan fingerprint density at radius 3 is 2.37 bits per heavy atom. The number of ether oxygens (including phenoxy) is 1. The molecule has 2 amide bonds. The number of hydrogen-bond acceptors (Lipinski definition) is 3. The topological polar surface area (TPSA) is 76.3 Å². The van der Waals surface area contributed by atoms with Gasteiger partial charge in [0.1, 0.15) is 26.2 Å². The largest absolute Gasteiger partial charge is 0.376 e. The molecule has 0 aromatic heterocycles. The van der Waals surface area contributed by atoms with Gasteiger partial charge in [-0.1, -0.05) is 23.7 Å². The average Bonchev–Trinajstić information content (AvgIpc) is 3.17. The first-order chi connectivity index (χ1) is 13.1. The lowest BCUT2D eigenvalue weighted by Gasteiger charge is -2.29. The first-order valence-corrected chi connectivity index (χ1v) is 10.1. The summed E-state index contributed by atoms with van der Waals surface area (Å²) in [5, 5.41) is 6.40. The molecule has 1 aromatic rings. The number of para-hydroxylation sites is 1. The molecule has 27 heavy (non-hydrogen) atoms. The van der Waals surface area contributed by atoms with Crippen molar-refractivity contribution in [2.75, 3.05) is 57.7 Å². The summed E-state index contributed by atoms with van der Waals surface area (Å²) in [6.45, 7) is 5.88. The van der Waals surface area contributed by atoms with Gasteiger partial charge < -0.3 is 25.2 Å². The molecule has 1 aromatic carbocycles. The van der Waals surface area contributed by atoms with Crippen molar-refractivity contribution in [2.24, 2.45) is 0 Å². The number of quaternary nitrogens is 2. The van der Waals surface area contributed by atoms with Crippen LogP contribution >= 0.6 is 11.6 Å². The van der Waals surface area contributed by atoms with Crippen LogP contribution in [0.5, 0.6) is 0 Å². The number of rotatable bonds is 7. The molecule has 1 atom stereocenters. The SMILES string of the molecule is O=C(C[NH+]1CC[NH+](CC(=O)Nc2ccccc2Cl)CC1)NC[C@@H]1CCCO1. The highest BCUT2D eigenvalue weighted by Crippen LogP contribution is 2.19. The molecule has 2 fully saturated rings. The highest BCUT2D eigenvalue weighted by atomic mass is 35.5. The van der Waals surface area contributed by atoms with Crippen molar-refractivity contribution in [3.05, 3.63) is 29.3 Å². The first-order valence-electron chi connectivity index (χ1n) is 9.70. The lowest BCUT2D eigenvalue weighted by molar-refractivity contribution is -1.00. The van der Waals surface area contributed by atoms with Gasteiger partial charge in [0.2, 0.25) is 0 Å². The van der Waals surface area contributed by atoms with Crippen molar-refractivity contribution in [1.29, 1.82) is 0 Å². The second-order valence-corrected chi connectivity index (χ2v) is 7.73. The number of amides is 2. The minimum atomic E-state index is -0.0316. The minimum Gasteiger partial charge on any atom is -0.376 e. The molecule has 0 radical (unpaired) electrons. The molecule has 0 bridgehead atoms. The van der Waals surface area contributed by atoms with Gasteiger partial charge in [0.05, 0.1) is 16.8 Å². The Hall–Kier alpha value is -1.67. The molecule has 4 N–H and O–H groups in total. The minimum absolute atomic E-state index is 0.0316. The van der Waals surface area contributed by atoms with E-state index < -0.39 is 0 Å². The summed E-state index contributed by atoms with van der Waals surface area (Å²) in [5.74, 6) is 0.0521. The third-order valence-corrected chi connectivity index (χ3v) is 5.51. The van der Waals surface area contributed by atoms with Crippen molar-refractivity contribution in [3.63, 3.8) is 0 Å². The van der Waals surface area contributed by atoms with Crippen molar-refractivity contribution in [3.8, 4) is 0 Å². The molecule has 0 unspecified atom stereocenters. The maximum atomic E-state index is 12.2. The highest BCUT2D eigenvalue weighted by Gasteiger charge is 2.27. The Kier molecular flexibility index (Phi) is 7.46. The lowest BCUT2D eigenvalue weighted by atomic mass is 10.2. The van der Waals surface area contributed by atoms with Gasteiger partial charge >= 0.3 is 0 Å². The quantitative estimate of drug-likeness (QED) is 0.446. The lowest BCUT2D eigenvalue weighted by Crippen LogP contribution is -3.28. The Balaban J connectivity index is 1.33. The maximum absolute atomic E-state index is 12.2. The van der Waals surface area contributed by atoms with Crippen molar-refractivity contribution < 1.29 is 24.1 Å². The normalized spacial score (nSPS) is 25.1. The monoisotopic (exact) mass is 396 g/mol. The molecule has 2 heterocycles. The molecule has 7 nitrogen and oxygen atoms in total. The number of carbonyl (C=O) groups excluding carboxylic acids is 2. The van der Waals surface area contributed by atoms with Crippen LogP contribution < -0.4 is 20.4 Å². The number of hydrogen-bond donors (Lipinski definition) is 4. The van der Waals surface area contributed by atoms with Gasteiger partial charge in [-0.3, -0.25) is 9.59 Å².